The van der Waals surface area contributed by atoms with Crippen LogP contribution < -0.4 is 0 Å². The van der Waals surface area contributed by atoms with Crippen molar-refractivity contribution in [2.45, 2.75) is 73.6 Å². The van der Waals surface area contributed by atoms with E-state index in [1.165, 1.54) is 12.8 Å². The first-order valence-electron chi connectivity index (χ1n) is 8.74. The van der Waals surface area contributed by atoms with E-state index in [0.717, 1.165) is 24.6 Å². The van der Waals surface area contributed by atoms with E-state index in [1.54, 1.807) is 4.68 Å². The van der Waals surface area contributed by atoms with Gasteiger partial charge in [0.25, 0.3) is 0 Å². The first-order chi connectivity index (χ1) is 11.1. The van der Waals surface area contributed by atoms with E-state index >= 15 is 0 Å². The van der Waals surface area contributed by atoms with Gasteiger partial charge < -0.3 is 14.2 Å². The van der Waals surface area contributed by atoms with Gasteiger partial charge in [0, 0.05) is 6.61 Å². The zero-order chi connectivity index (χ0) is 16.9. The number of ether oxygens (including phenoxy) is 3. The van der Waals surface area contributed by atoms with Crippen LogP contribution in [0.15, 0.2) is 6.20 Å². The summed E-state index contributed by atoms with van der Waals surface area (Å²) >= 11 is 0. The van der Waals surface area contributed by atoms with Crippen molar-refractivity contribution < 1.29 is 14.2 Å². The molecule has 24 heavy (non-hydrogen) atoms. The fraction of sp³-hybridized carbons (Fsp3) is 0.889. The zero-order valence-corrected chi connectivity index (χ0v) is 15.2. The molecule has 0 bridgehead atoms. The maximum atomic E-state index is 5.55. The summed E-state index contributed by atoms with van der Waals surface area (Å²) in [4.78, 5) is 0. The van der Waals surface area contributed by atoms with Crippen LogP contribution in [0.2, 0.25) is 0 Å². The summed E-state index contributed by atoms with van der Waals surface area (Å²) in [5.74, 6) is 0.785. The van der Waals surface area contributed by atoms with Crippen LogP contribution in [-0.2, 0) is 27.4 Å². The van der Waals surface area contributed by atoms with Crippen molar-refractivity contribution in [3.05, 3.63) is 11.9 Å². The summed E-state index contributed by atoms with van der Waals surface area (Å²) in [6, 6.07) is 0. The van der Waals surface area contributed by atoms with Gasteiger partial charge in [0.05, 0.1) is 45.3 Å². The molecule has 142 valence electrons. The highest BCUT2D eigenvalue weighted by atomic mass is 16.5. The lowest BCUT2D eigenvalue weighted by Crippen LogP contribution is -2.11. The Bertz CT molecular complexity index is 395. The molecular weight excluding hydrogens is 306 g/mol. The smallest absolute Gasteiger partial charge is 0.108 e. The van der Waals surface area contributed by atoms with Crippen molar-refractivity contribution in [2.75, 3.05) is 26.4 Å². The highest BCUT2D eigenvalue weighted by Gasteiger charge is 2.02. The molecule has 0 atom stereocenters. The molecule has 0 aromatic carbocycles. The molecule has 0 N–H and O–H groups in total. The Morgan fingerprint density at radius 1 is 1.00 bits per heavy atom. The minimum atomic E-state index is 0. The maximum absolute atomic E-state index is 5.55. The van der Waals surface area contributed by atoms with Crippen LogP contribution in [0.1, 0.15) is 60.1 Å². The molecule has 1 heterocycles. The van der Waals surface area contributed by atoms with E-state index in [-0.39, 0.29) is 13.5 Å². The van der Waals surface area contributed by atoms with Crippen LogP contribution in [0.5, 0.6) is 0 Å². The minimum absolute atomic E-state index is 0. The second-order valence-electron chi connectivity index (χ2n) is 6.45. The molecule has 0 unspecified atom stereocenters. The van der Waals surface area contributed by atoms with E-state index in [9.17, 15) is 0 Å². The number of unbranched alkanes of at least 4 members (excludes halogenated alkanes) is 1. The first kappa shape index (κ1) is 23.0. The van der Waals surface area contributed by atoms with Crippen molar-refractivity contribution in [1.29, 1.82) is 0 Å². The Morgan fingerprint density at radius 2 is 1.71 bits per heavy atom. The van der Waals surface area contributed by atoms with Gasteiger partial charge in [0.1, 0.15) is 5.69 Å². The van der Waals surface area contributed by atoms with Crippen LogP contribution in [-0.4, -0.2) is 47.5 Å². The Balaban J connectivity index is 0.00000529. The molecule has 1 rings (SSSR count). The zero-order valence-electron chi connectivity index (χ0n) is 15.2. The van der Waals surface area contributed by atoms with Crippen molar-refractivity contribution in [3.8, 4) is 0 Å². The van der Waals surface area contributed by atoms with Gasteiger partial charge in [-0.25, -0.2) is 4.68 Å². The Kier molecular flexibility index (Phi) is 13.8. The Morgan fingerprint density at radius 3 is 2.38 bits per heavy atom. The fourth-order valence-electron chi connectivity index (χ4n) is 2.00. The summed E-state index contributed by atoms with van der Waals surface area (Å²) in [6.45, 7) is 12.5. The lowest BCUT2D eigenvalue weighted by atomic mass is 10.1. The minimum Gasteiger partial charge on any atom is -0.379 e. The number of hydrogen-bond acceptors (Lipinski definition) is 5. The Labute approximate surface area is 147 Å². The summed E-state index contributed by atoms with van der Waals surface area (Å²) in [5.41, 5.74) is 0.850. The van der Waals surface area contributed by atoms with Gasteiger partial charge in [0.15, 0.2) is 0 Å². The molecule has 0 amide bonds. The monoisotopic (exact) mass is 343 g/mol. The highest BCUT2D eigenvalue weighted by molar-refractivity contribution is 4.89. The lowest BCUT2D eigenvalue weighted by molar-refractivity contribution is 0.0423. The molecule has 6 heteroatoms. The second-order valence-corrected chi connectivity index (χ2v) is 6.45. The van der Waals surface area contributed by atoms with Gasteiger partial charge in [-0.1, -0.05) is 39.3 Å². The van der Waals surface area contributed by atoms with Gasteiger partial charge in [0.2, 0.25) is 0 Å². The van der Waals surface area contributed by atoms with E-state index in [0.29, 0.717) is 33.0 Å². The van der Waals surface area contributed by atoms with E-state index in [1.807, 2.05) is 20.0 Å². The van der Waals surface area contributed by atoms with Crippen LogP contribution in [0.3, 0.4) is 0 Å². The normalized spacial score (nSPS) is 11.2. The number of nitrogens with zero attached hydrogens (tertiary/aromatic N) is 3. The predicted octanol–water partition coefficient (Wildman–Crippen LogP) is 3.70. The molecule has 0 radical (unpaired) electrons. The summed E-state index contributed by atoms with van der Waals surface area (Å²) in [5, 5.41) is 8.12. The number of aromatic nitrogens is 3. The van der Waals surface area contributed by atoms with Gasteiger partial charge in [-0.05, 0) is 26.2 Å². The summed E-state index contributed by atoms with van der Waals surface area (Å²) < 4.78 is 18.4. The number of rotatable bonds is 14. The van der Waals surface area contributed by atoms with Crippen LogP contribution in [0.25, 0.3) is 0 Å². The fourth-order valence-corrected chi connectivity index (χ4v) is 2.00. The largest absolute Gasteiger partial charge is 0.379 e. The van der Waals surface area contributed by atoms with E-state index < -0.39 is 0 Å². The number of hydrogen-bond donors (Lipinski definition) is 0. The average molecular weight is 344 g/mol. The van der Waals surface area contributed by atoms with Gasteiger partial charge in [-0.2, -0.15) is 0 Å². The van der Waals surface area contributed by atoms with Crippen LogP contribution in [0, 0.1) is 5.92 Å². The topological polar surface area (TPSA) is 58.4 Å². The van der Waals surface area contributed by atoms with Crippen LogP contribution >= 0.6 is 0 Å². The predicted molar refractivity (Wildman–Crippen MR) is 97.0 cm³/mol. The third-order valence-corrected chi connectivity index (χ3v) is 3.31. The van der Waals surface area contributed by atoms with Crippen molar-refractivity contribution in [1.82, 2.24) is 15.0 Å². The second kappa shape index (κ2) is 14.4. The average Bonchev–Trinajstić information content (AvgIpc) is 2.94. The van der Waals surface area contributed by atoms with Crippen molar-refractivity contribution >= 4 is 0 Å². The van der Waals surface area contributed by atoms with Gasteiger partial charge in [-0.3, -0.25) is 0 Å². The molecule has 1 aromatic rings. The molecule has 1 aromatic heterocycles. The standard InChI is InChI=1S/C17H33N3O3.CH4/c1-15(2)7-5-6-9-21-11-12-22-10-8-20-13-17(18-19-20)14-23-16(3)4;/h13,15-16H,5-12,14H2,1-4H3;1H4. The highest BCUT2D eigenvalue weighted by Crippen LogP contribution is 2.05. The molecular formula is C18H37N3O3. The third kappa shape index (κ3) is 12.4. The molecule has 0 saturated carbocycles. The van der Waals surface area contributed by atoms with E-state index in [4.69, 9.17) is 14.2 Å². The first-order valence-corrected chi connectivity index (χ1v) is 8.74. The van der Waals surface area contributed by atoms with Crippen molar-refractivity contribution in [3.63, 3.8) is 0 Å². The van der Waals surface area contributed by atoms with Crippen LogP contribution in [0.4, 0.5) is 0 Å². The molecule has 0 aliphatic carbocycles. The van der Waals surface area contributed by atoms with Gasteiger partial charge >= 0.3 is 0 Å². The van der Waals surface area contributed by atoms with E-state index in [2.05, 4.69) is 24.2 Å². The van der Waals surface area contributed by atoms with Gasteiger partial charge in [-0.15, -0.1) is 5.10 Å². The summed E-state index contributed by atoms with van der Waals surface area (Å²) in [6.07, 6.45) is 5.76. The molecule has 0 aliphatic rings. The third-order valence-electron chi connectivity index (χ3n) is 3.31. The molecule has 0 fully saturated rings. The molecule has 0 spiro atoms. The molecule has 0 aliphatic heterocycles. The lowest BCUT2D eigenvalue weighted by Gasteiger charge is -2.07. The maximum Gasteiger partial charge on any atom is 0.108 e. The quantitative estimate of drug-likeness (QED) is 0.482. The molecule has 6 nitrogen and oxygen atoms in total. The SMILES string of the molecule is C.CC(C)CCCCOCCOCCn1cc(COC(C)C)nn1. The summed E-state index contributed by atoms with van der Waals surface area (Å²) in [7, 11) is 0. The molecule has 0 saturated heterocycles. The Hall–Kier alpha value is -0.980. The van der Waals surface area contributed by atoms with Crippen molar-refractivity contribution in [2.24, 2.45) is 5.92 Å².